The molecule has 0 amide bonds. The van der Waals surface area contributed by atoms with Crippen LogP contribution in [-0.4, -0.2) is 25.1 Å². The Morgan fingerprint density at radius 1 is 1.04 bits per heavy atom. The van der Waals surface area contributed by atoms with E-state index >= 15 is 0 Å². The second kappa shape index (κ2) is 10.4. The summed E-state index contributed by atoms with van der Waals surface area (Å²) in [5.74, 6) is 0.0479. The van der Waals surface area contributed by atoms with E-state index in [1.165, 1.54) is 56.6 Å². The second-order valence-corrected chi connectivity index (χ2v) is 4.24. The number of ether oxygens (including phenoxy) is 2. The van der Waals surface area contributed by atoms with Gasteiger partial charge < -0.3 is 15.4 Å². The summed E-state index contributed by atoms with van der Waals surface area (Å²) in [5.41, 5.74) is 4.50. The van der Waals surface area contributed by atoms with Crippen molar-refractivity contribution in [2.24, 2.45) is 5.73 Å². The van der Waals surface area contributed by atoms with Gasteiger partial charge in [0, 0.05) is 24.3 Å². The molecule has 0 fully saturated rings. The highest BCUT2D eigenvalue weighted by atomic mass is 35.5. The SMILES string of the molecule is CN.COOOc1cc(OC(=[OH+])Oc2ccc(F)cc2)ccc1Cl. The van der Waals surface area contributed by atoms with Crippen LogP contribution in [0.5, 0.6) is 17.2 Å². The third kappa shape index (κ3) is 6.39. The molecule has 0 aliphatic rings. The molecule has 130 valence electrons. The molecule has 0 bridgehead atoms. The van der Waals surface area contributed by atoms with Crippen molar-refractivity contribution in [1.29, 1.82) is 0 Å². The Hall–Kier alpha value is -2.39. The molecule has 9 heteroatoms. The molecule has 3 N–H and O–H groups in total. The summed E-state index contributed by atoms with van der Waals surface area (Å²) in [6, 6.07) is 9.28. The maximum Gasteiger partial charge on any atom is 0.724 e. The van der Waals surface area contributed by atoms with Crippen LogP contribution in [0.25, 0.3) is 0 Å². The first-order valence-corrected chi connectivity index (χ1v) is 6.88. The Morgan fingerprint density at radius 2 is 1.62 bits per heavy atom. The van der Waals surface area contributed by atoms with E-state index in [-0.39, 0.29) is 22.3 Å². The highest BCUT2D eigenvalue weighted by Crippen LogP contribution is 2.29. The largest absolute Gasteiger partial charge is 0.724 e. The lowest BCUT2D eigenvalue weighted by atomic mass is 10.3. The number of nitrogens with two attached hydrogens (primary N) is 1. The van der Waals surface area contributed by atoms with Crippen LogP contribution in [0.15, 0.2) is 42.5 Å². The van der Waals surface area contributed by atoms with E-state index in [0.717, 1.165) is 0 Å². The monoisotopic (exact) mass is 360 g/mol. The molecule has 24 heavy (non-hydrogen) atoms. The summed E-state index contributed by atoms with van der Waals surface area (Å²) >= 11 is 5.86. The Morgan fingerprint density at radius 3 is 2.25 bits per heavy atom. The van der Waals surface area contributed by atoms with Gasteiger partial charge in [-0.05, 0) is 30.3 Å². The number of benzene rings is 2. The summed E-state index contributed by atoms with van der Waals surface area (Å²) in [5, 5.41) is 4.53. The van der Waals surface area contributed by atoms with Gasteiger partial charge in [0.05, 0.1) is 12.1 Å². The minimum atomic E-state index is -0.757. The van der Waals surface area contributed by atoms with E-state index in [1.54, 1.807) is 0 Å². The maximum atomic E-state index is 12.8. The number of hydrogen-bond acceptors (Lipinski definition) is 6. The first-order chi connectivity index (χ1) is 11.6. The van der Waals surface area contributed by atoms with Gasteiger partial charge in [-0.15, -0.1) is 0 Å². The zero-order chi connectivity index (χ0) is 17.9. The lowest BCUT2D eigenvalue weighted by molar-refractivity contribution is -0.453. The van der Waals surface area contributed by atoms with Gasteiger partial charge in [-0.3, -0.25) is 9.47 Å². The average molecular weight is 361 g/mol. The minimum Gasteiger partial charge on any atom is -0.336 e. The molecule has 0 aromatic heterocycles. The Labute approximate surface area is 142 Å². The van der Waals surface area contributed by atoms with E-state index < -0.39 is 12.0 Å². The smallest absolute Gasteiger partial charge is 0.336 e. The first-order valence-electron chi connectivity index (χ1n) is 6.50. The van der Waals surface area contributed by atoms with Crippen LogP contribution in [0.2, 0.25) is 5.02 Å². The summed E-state index contributed by atoms with van der Waals surface area (Å²) in [4.78, 5) is 18.6. The van der Waals surface area contributed by atoms with E-state index in [0.29, 0.717) is 0 Å². The number of hydrogen-bond donors (Lipinski definition) is 1. The van der Waals surface area contributed by atoms with Crippen molar-refractivity contribution in [3.05, 3.63) is 53.3 Å². The van der Waals surface area contributed by atoms with Gasteiger partial charge in [0.1, 0.15) is 5.82 Å². The predicted molar refractivity (Wildman–Crippen MR) is 84.9 cm³/mol. The van der Waals surface area contributed by atoms with Gasteiger partial charge in [-0.2, -0.15) is 4.89 Å². The molecule has 2 aromatic carbocycles. The fraction of sp³-hybridized carbons (Fsp3) is 0.133. The average Bonchev–Trinajstić information content (AvgIpc) is 2.59. The summed E-state index contributed by atoms with van der Waals surface area (Å²) in [6.07, 6.45) is -0.757. The van der Waals surface area contributed by atoms with Crippen LogP contribution in [0.3, 0.4) is 0 Å². The van der Waals surface area contributed by atoms with Crippen LogP contribution in [0.1, 0.15) is 0 Å². The lowest BCUT2D eigenvalue weighted by Crippen LogP contribution is -2.16. The number of carbonyl (C=O) groups excluding carboxylic acids is 1. The standard InChI is InChI=1S/C14H10ClFO6.CH5N/c1-18-22-21-13-8-11(6-7-12(13)15)20-14(17)19-10-4-2-9(16)3-5-10;1-2/h2-8H,1H3;2H2,1H3/p+1. The molecule has 0 aliphatic carbocycles. The zero-order valence-electron chi connectivity index (χ0n) is 12.9. The molecule has 0 unspecified atom stereocenters. The summed E-state index contributed by atoms with van der Waals surface area (Å²) in [7, 11) is 2.75. The maximum absolute atomic E-state index is 12.8. The van der Waals surface area contributed by atoms with Crippen molar-refractivity contribution in [2.45, 2.75) is 0 Å². The molecule has 0 saturated heterocycles. The van der Waals surface area contributed by atoms with Crippen LogP contribution < -0.4 is 20.1 Å². The number of rotatable bonds is 5. The summed E-state index contributed by atoms with van der Waals surface area (Å²) in [6.45, 7) is 0. The van der Waals surface area contributed by atoms with Crippen LogP contribution in [0, 0.1) is 5.82 Å². The molecule has 0 saturated carbocycles. The molecule has 0 aliphatic heterocycles. The lowest BCUT2D eigenvalue weighted by Gasteiger charge is -2.03. The third-order valence-electron chi connectivity index (χ3n) is 2.32. The Balaban J connectivity index is 0.00000139. The molecule has 7 nitrogen and oxygen atoms in total. The predicted octanol–water partition coefficient (Wildman–Crippen LogP) is 2.84. The molecular formula is C15H16ClFNO6+. The van der Waals surface area contributed by atoms with Gasteiger partial charge in [-0.1, -0.05) is 11.6 Å². The molecule has 0 spiro atoms. The van der Waals surface area contributed by atoms with E-state index in [2.05, 4.69) is 15.7 Å². The van der Waals surface area contributed by atoms with Crippen molar-refractivity contribution in [3.63, 3.8) is 0 Å². The molecule has 0 radical (unpaired) electrons. The van der Waals surface area contributed by atoms with Gasteiger partial charge in [-0.25, -0.2) is 4.39 Å². The van der Waals surface area contributed by atoms with Gasteiger partial charge in [0.2, 0.25) is 11.5 Å². The van der Waals surface area contributed by atoms with Crippen LogP contribution in [-0.2, 0) is 9.93 Å². The van der Waals surface area contributed by atoms with E-state index in [1.807, 2.05) is 0 Å². The van der Waals surface area contributed by atoms with Gasteiger partial charge in [0.15, 0.2) is 5.75 Å². The van der Waals surface area contributed by atoms with Crippen molar-refractivity contribution in [1.82, 2.24) is 0 Å². The topological polar surface area (TPSA) is 93.6 Å². The third-order valence-corrected chi connectivity index (χ3v) is 2.63. The fourth-order valence-corrected chi connectivity index (χ4v) is 1.56. The van der Waals surface area contributed by atoms with Crippen molar-refractivity contribution < 1.29 is 33.5 Å². The van der Waals surface area contributed by atoms with Crippen LogP contribution >= 0.6 is 11.6 Å². The Bertz CT molecular complexity index is 653. The van der Waals surface area contributed by atoms with Crippen molar-refractivity contribution >= 4 is 17.8 Å². The van der Waals surface area contributed by atoms with E-state index in [9.17, 15) is 9.18 Å². The fourth-order valence-electron chi connectivity index (χ4n) is 1.41. The van der Waals surface area contributed by atoms with Crippen LogP contribution in [0.4, 0.5) is 4.39 Å². The van der Waals surface area contributed by atoms with Crippen molar-refractivity contribution in [2.75, 3.05) is 14.2 Å². The summed E-state index contributed by atoms with van der Waals surface area (Å²) < 4.78 is 22.8. The molecule has 2 aromatic rings. The van der Waals surface area contributed by atoms with Crippen molar-refractivity contribution in [3.8, 4) is 17.2 Å². The zero-order valence-corrected chi connectivity index (χ0v) is 13.6. The molecular weight excluding hydrogens is 345 g/mol. The minimum absolute atomic E-state index is 0.107. The van der Waals surface area contributed by atoms with Gasteiger partial charge >= 0.3 is 6.16 Å². The highest BCUT2D eigenvalue weighted by molar-refractivity contribution is 6.32. The molecule has 2 rings (SSSR count). The Kier molecular flexibility index (Phi) is 8.52. The van der Waals surface area contributed by atoms with Gasteiger partial charge in [0.25, 0.3) is 0 Å². The molecule has 0 atom stereocenters. The van der Waals surface area contributed by atoms with E-state index in [4.69, 9.17) is 26.0 Å². The second-order valence-electron chi connectivity index (χ2n) is 3.83. The number of halogens is 2. The first kappa shape index (κ1) is 19.7. The highest BCUT2D eigenvalue weighted by Gasteiger charge is 2.20. The molecule has 0 heterocycles. The normalized spacial score (nSPS) is 9.54. The quantitative estimate of drug-likeness (QED) is 0.290.